The lowest BCUT2D eigenvalue weighted by Crippen LogP contribution is -2.35. The molecule has 0 radical (unpaired) electrons. The zero-order chi connectivity index (χ0) is 22.0. The van der Waals surface area contributed by atoms with Gasteiger partial charge < -0.3 is 19.3 Å². The van der Waals surface area contributed by atoms with Gasteiger partial charge >= 0.3 is 6.09 Å². The van der Waals surface area contributed by atoms with Crippen molar-refractivity contribution in [2.75, 3.05) is 31.1 Å². The normalized spacial score (nSPS) is 18.4. The number of nitrogens with zero attached hydrogens (tertiary/aromatic N) is 4. The SMILES string of the molecule is CC(C)(C)OC(=O)N1CC[C@@H](CC(=O)c2ccc3c(c2)OCCN3c2ncccn2)C1. The summed E-state index contributed by atoms with van der Waals surface area (Å²) in [7, 11) is 0. The third-order valence-electron chi connectivity index (χ3n) is 5.35. The van der Waals surface area contributed by atoms with E-state index >= 15 is 0 Å². The van der Waals surface area contributed by atoms with Crippen molar-refractivity contribution < 1.29 is 19.1 Å². The first-order valence-corrected chi connectivity index (χ1v) is 10.6. The van der Waals surface area contributed by atoms with Crippen molar-refractivity contribution in [1.29, 1.82) is 0 Å². The highest BCUT2D eigenvalue weighted by Crippen LogP contribution is 2.36. The first-order valence-electron chi connectivity index (χ1n) is 10.6. The summed E-state index contributed by atoms with van der Waals surface area (Å²) in [6, 6.07) is 7.29. The number of hydrogen-bond acceptors (Lipinski definition) is 7. The number of amides is 1. The molecule has 2 aromatic rings. The zero-order valence-electron chi connectivity index (χ0n) is 18.2. The van der Waals surface area contributed by atoms with Gasteiger partial charge in [-0.15, -0.1) is 0 Å². The average Bonchev–Trinajstić information content (AvgIpc) is 3.21. The average molecular weight is 425 g/mol. The number of fused-ring (bicyclic) bond motifs is 1. The number of ketones is 1. The minimum Gasteiger partial charge on any atom is -0.490 e. The van der Waals surface area contributed by atoms with Crippen molar-refractivity contribution >= 4 is 23.5 Å². The molecular formula is C23H28N4O4. The maximum atomic E-state index is 12.9. The Labute approximate surface area is 182 Å². The summed E-state index contributed by atoms with van der Waals surface area (Å²) in [5, 5.41) is 0. The number of Topliss-reactive ketones (excluding diaryl/α,β-unsaturated/α-hetero) is 1. The fourth-order valence-electron chi connectivity index (χ4n) is 3.90. The van der Waals surface area contributed by atoms with E-state index in [9.17, 15) is 9.59 Å². The molecule has 0 aliphatic carbocycles. The molecule has 0 unspecified atom stereocenters. The van der Waals surface area contributed by atoms with Crippen LogP contribution in [0.2, 0.25) is 0 Å². The lowest BCUT2D eigenvalue weighted by molar-refractivity contribution is 0.0286. The molecule has 1 aromatic carbocycles. The molecule has 2 aliphatic rings. The van der Waals surface area contributed by atoms with Gasteiger partial charge in [-0.3, -0.25) is 4.79 Å². The minimum atomic E-state index is -0.521. The third kappa shape index (κ3) is 4.95. The Bertz CT molecular complexity index is 958. The molecule has 1 fully saturated rings. The summed E-state index contributed by atoms with van der Waals surface area (Å²) >= 11 is 0. The van der Waals surface area contributed by atoms with Crippen LogP contribution >= 0.6 is 0 Å². The Hall–Kier alpha value is -3.16. The largest absolute Gasteiger partial charge is 0.490 e. The van der Waals surface area contributed by atoms with Gasteiger partial charge in [0.1, 0.15) is 18.0 Å². The molecule has 0 N–H and O–H groups in total. The van der Waals surface area contributed by atoms with Gasteiger partial charge in [-0.25, -0.2) is 14.8 Å². The van der Waals surface area contributed by atoms with Crippen molar-refractivity contribution in [2.45, 2.75) is 39.2 Å². The molecule has 1 aromatic heterocycles. The van der Waals surface area contributed by atoms with Gasteiger partial charge in [-0.2, -0.15) is 0 Å². The highest BCUT2D eigenvalue weighted by Gasteiger charge is 2.31. The maximum absolute atomic E-state index is 12.9. The lowest BCUT2D eigenvalue weighted by Gasteiger charge is -2.29. The molecule has 31 heavy (non-hydrogen) atoms. The van der Waals surface area contributed by atoms with Gasteiger partial charge in [0.15, 0.2) is 5.78 Å². The van der Waals surface area contributed by atoms with E-state index in [0.29, 0.717) is 49.9 Å². The predicted octanol–water partition coefficient (Wildman–Crippen LogP) is 3.84. The summed E-state index contributed by atoms with van der Waals surface area (Å²) in [6.45, 7) is 7.86. The number of likely N-dealkylation sites (tertiary alicyclic amines) is 1. The monoisotopic (exact) mass is 424 g/mol. The molecule has 1 saturated heterocycles. The van der Waals surface area contributed by atoms with E-state index in [1.807, 2.05) is 37.8 Å². The highest BCUT2D eigenvalue weighted by atomic mass is 16.6. The second kappa shape index (κ2) is 8.53. The van der Waals surface area contributed by atoms with Gasteiger partial charge in [-0.05, 0) is 57.4 Å². The molecule has 8 nitrogen and oxygen atoms in total. The number of carbonyl (C=O) groups is 2. The number of ether oxygens (including phenoxy) is 2. The van der Waals surface area contributed by atoms with E-state index in [0.717, 1.165) is 12.1 Å². The smallest absolute Gasteiger partial charge is 0.410 e. The topological polar surface area (TPSA) is 84.9 Å². The maximum Gasteiger partial charge on any atom is 0.410 e. The summed E-state index contributed by atoms with van der Waals surface area (Å²) in [5.41, 5.74) is 0.948. The molecule has 2 aliphatic heterocycles. The number of aromatic nitrogens is 2. The van der Waals surface area contributed by atoms with Gasteiger partial charge in [0.2, 0.25) is 5.95 Å². The van der Waals surface area contributed by atoms with Crippen LogP contribution in [0.4, 0.5) is 16.4 Å². The second-order valence-electron chi connectivity index (χ2n) is 8.94. The van der Waals surface area contributed by atoms with Crippen LogP contribution in [0.1, 0.15) is 44.0 Å². The van der Waals surface area contributed by atoms with Gasteiger partial charge in [-0.1, -0.05) is 0 Å². The summed E-state index contributed by atoms with van der Waals surface area (Å²) < 4.78 is 11.3. The molecule has 1 amide bonds. The predicted molar refractivity (Wildman–Crippen MR) is 116 cm³/mol. The van der Waals surface area contributed by atoms with Crippen LogP contribution in [-0.2, 0) is 4.74 Å². The Kier molecular flexibility index (Phi) is 5.80. The van der Waals surface area contributed by atoms with Crippen molar-refractivity contribution in [3.63, 3.8) is 0 Å². The molecule has 1 atom stereocenters. The molecule has 164 valence electrons. The van der Waals surface area contributed by atoms with Crippen molar-refractivity contribution in [2.24, 2.45) is 5.92 Å². The van der Waals surface area contributed by atoms with Gasteiger partial charge in [0.05, 0.1) is 12.2 Å². The van der Waals surface area contributed by atoms with Crippen LogP contribution < -0.4 is 9.64 Å². The molecule has 0 bridgehead atoms. The molecular weight excluding hydrogens is 396 g/mol. The van der Waals surface area contributed by atoms with E-state index in [1.54, 1.807) is 29.4 Å². The summed E-state index contributed by atoms with van der Waals surface area (Å²) in [6.07, 6.45) is 4.29. The van der Waals surface area contributed by atoms with Crippen molar-refractivity contribution in [3.8, 4) is 5.75 Å². The lowest BCUT2D eigenvalue weighted by atomic mass is 9.97. The van der Waals surface area contributed by atoms with E-state index in [-0.39, 0.29) is 17.8 Å². The molecule has 4 rings (SSSR count). The zero-order valence-corrected chi connectivity index (χ0v) is 18.2. The van der Waals surface area contributed by atoms with Crippen molar-refractivity contribution in [1.82, 2.24) is 14.9 Å². The Morgan fingerprint density at radius 2 is 1.97 bits per heavy atom. The quantitative estimate of drug-likeness (QED) is 0.690. The van der Waals surface area contributed by atoms with Crippen LogP contribution in [0.15, 0.2) is 36.7 Å². The summed E-state index contributed by atoms with van der Waals surface area (Å²) in [4.78, 5) is 37.5. The van der Waals surface area contributed by atoms with Crippen LogP contribution in [0, 0.1) is 5.92 Å². The van der Waals surface area contributed by atoms with Crippen LogP contribution in [0.3, 0.4) is 0 Å². The Morgan fingerprint density at radius 3 is 2.71 bits per heavy atom. The number of carbonyl (C=O) groups excluding carboxylic acids is 2. The summed E-state index contributed by atoms with van der Waals surface area (Å²) in [5.74, 6) is 1.45. The van der Waals surface area contributed by atoms with Crippen LogP contribution in [0.25, 0.3) is 0 Å². The van der Waals surface area contributed by atoms with E-state index < -0.39 is 5.60 Å². The fraction of sp³-hybridized carbons (Fsp3) is 0.478. The molecule has 3 heterocycles. The fourth-order valence-corrected chi connectivity index (χ4v) is 3.90. The first-order chi connectivity index (χ1) is 14.8. The number of rotatable bonds is 4. The van der Waals surface area contributed by atoms with Gasteiger partial charge in [0.25, 0.3) is 0 Å². The van der Waals surface area contributed by atoms with Crippen LogP contribution in [-0.4, -0.2) is 58.6 Å². The molecule has 0 spiro atoms. The Morgan fingerprint density at radius 1 is 1.19 bits per heavy atom. The van der Waals surface area contributed by atoms with Crippen LogP contribution in [0.5, 0.6) is 5.75 Å². The number of anilines is 2. The minimum absolute atomic E-state index is 0.0514. The number of benzene rings is 1. The highest BCUT2D eigenvalue weighted by molar-refractivity contribution is 5.97. The first kappa shape index (κ1) is 21.1. The van der Waals surface area contributed by atoms with E-state index in [2.05, 4.69) is 9.97 Å². The molecule has 8 heteroatoms. The Balaban J connectivity index is 1.41. The third-order valence-corrected chi connectivity index (χ3v) is 5.35. The standard InChI is InChI=1S/C23H28N4O4/c1-23(2,3)31-22(29)26-10-7-16(15-26)13-19(28)17-5-6-18-20(14-17)30-12-11-27(18)21-24-8-4-9-25-21/h4-6,8-9,14,16H,7,10-13,15H2,1-3H3/t16-/m0/s1. The number of hydrogen-bond donors (Lipinski definition) is 0. The van der Waals surface area contributed by atoms with Gasteiger partial charge in [0, 0.05) is 37.5 Å². The second-order valence-corrected chi connectivity index (χ2v) is 8.94. The molecule has 0 saturated carbocycles. The van der Waals surface area contributed by atoms with E-state index in [1.165, 1.54) is 0 Å². The van der Waals surface area contributed by atoms with E-state index in [4.69, 9.17) is 9.47 Å². The van der Waals surface area contributed by atoms with Crippen molar-refractivity contribution in [3.05, 3.63) is 42.2 Å².